The van der Waals surface area contributed by atoms with E-state index >= 15 is 0 Å². The Labute approximate surface area is 98.0 Å². The molecule has 2 N–H and O–H groups in total. The summed E-state index contributed by atoms with van der Waals surface area (Å²) in [7, 11) is 1.73. The SMILES string of the molecule is CCC(CC)(OC)C(N)c1cncc(C)c1. The summed E-state index contributed by atoms with van der Waals surface area (Å²) in [6.45, 7) is 6.24. The summed E-state index contributed by atoms with van der Waals surface area (Å²) in [5, 5.41) is 0. The largest absolute Gasteiger partial charge is 0.376 e. The van der Waals surface area contributed by atoms with E-state index in [0.29, 0.717) is 0 Å². The molecule has 0 saturated heterocycles. The van der Waals surface area contributed by atoms with Crippen molar-refractivity contribution in [1.29, 1.82) is 0 Å². The summed E-state index contributed by atoms with van der Waals surface area (Å²) in [4.78, 5) is 4.19. The number of aryl methyl sites for hydroxylation is 1. The van der Waals surface area contributed by atoms with Gasteiger partial charge in [-0.05, 0) is 30.9 Å². The van der Waals surface area contributed by atoms with Gasteiger partial charge in [0.15, 0.2) is 0 Å². The first-order chi connectivity index (χ1) is 7.59. The summed E-state index contributed by atoms with van der Waals surface area (Å²) >= 11 is 0. The zero-order valence-corrected chi connectivity index (χ0v) is 10.7. The highest BCUT2D eigenvalue weighted by Gasteiger charge is 2.34. The van der Waals surface area contributed by atoms with Crippen LogP contribution >= 0.6 is 0 Å². The van der Waals surface area contributed by atoms with Gasteiger partial charge < -0.3 is 10.5 Å². The fourth-order valence-corrected chi connectivity index (χ4v) is 2.16. The van der Waals surface area contributed by atoms with Gasteiger partial charge in [-0.2, -0.15) is 0 Å². The highest BCUT2D eigenvalue weighted by Crippen LogP contribution is 2.32. The summed E-state index contributed by atoms with van der Waals surface area (Å²) in [5.74, 6) is 0. The van der Waals surface area contributed by atoms with Crippen LogP contribution in [-0.2, 0) is 4.74 Å². The Hall–Kier alpha value is -0.930. The van der Waals surface area contributed by atoms with Crippen LogP contribution < -0.4 is 5.73 Å². The molecule has 1 unspecified atom stereocenters. The number of nitrogens with two attached hydrogens (primary N) is 1. The van der Waals surface area contributed by atoms with E-state index in [4.69, 9.17) is 10.5 Å². The van der Waals surface area contributed by atoms with Crippen LogP contribution in [0.15, 0.2) is 18.5 Å². The topological polar surface area (TPSA) is 48.1 Å². The standard InChI is InChI=1S/C13H22N2O/c1-5-13(6-2,16-4)12(14)11-7-10(3)8-15-9-11/h7-9,12H,5-6,14H2,1-4H3. The average Bonchev–Trinajstić information content (AvgIpc) is 2.32. The van der Waals surface area contributed by atoms with Crippen molar-refractivity contribution >= 4 is 0 Å². The molecular weight excluding hydrogens is 200 g/mol. The van der Waals surface area contributed by atoms with Gasteiger partial charge in [0.1, 0.15) is 0 Å². The summed E-state index contributed by atoms with van der Waals surface area (Å²) in [6.07, 6.45) is 5.46. The lowest BCUT2D eigenvalue weighted by molar-refractivity contribution is -0.0386. The molecule has 90 valence electrons. The maximum atomic E-state index is 6.31. The molecule has 3 nitrogen and oxygen atoms in total. The van der Waals surface area contributed by atoms with Gasteiger partial charge in [0.25, 0.3) is 0 Å². The van der Waals surface area contributed by atoms with Crippen LogP contribution in [0.4, 0.5) is 0 Å². The van der Waals surface area contributed by atoms with E-state index in [0.717, 1.165) is 24.0 Å². The van der Waals surface area contributed by atoms with E-state index < -0.39 is 0 Å². The quantitative estimate of drug-likeness (QED) is 0.833. The summed E-state index contributed by atoms with van der Waals surface area (Å²) in [6, 6.07) is 1.96. The molecule has 0 fully saturated rings. The molecule has 0 aromatic carbocycles. The monoisotopic (exact) mass is 222 g/mol. The minimum atomic E-state index is -0.282. The third-order valence-corrected chi connectivity index (χ3v) is 3.43. The van der Waals surface area contributed by atoms with Crippen molar-refractivity contribution < 1.29 is 4.74 Å². The molecule has 1 heterocycles. The fourth-order valence-electron chi connectivity index (χ4n) is 2.16. The number of ether oxygens (including phenoxy) is 1. The minimum absolute atomic E-state index is 0.125. The molecule has 0 spiro atoms. The Morgan fingerprint density at radius 3 is 2.44 bits per heavy atom. The first kappa shape index (κ1) is 13.1. The zero-order chi connectivity index (χ0) is 12.2. The van der Waals surface area contributed by atoms with E-state index in [1.807, 2.05) is 19.3 Å². The average molecular weight is 222 g/mol. The third-order valence-electron chi connectivity index (χ3n) is 3.43. The molecule has 1 aromatic rings. The maximum absolute atomic E-state index is 6.31. The Morgan fingerprint density at radius 1 is 1.38 bits per heavy atom. The lowest BCUT2D eigenvalue weighted by Gasteiger charge is -2.36. The maximum Gasteiger partial charge on any atom is 0.0865 e. The van der Waals surface area contributed by atoms with Crippen LogP contribution in [-0.4, -0.2) is 17.7 Å². The predicted octanol–water partition coefficient (Wildman–Crippen LogP) is 2.60. The van der Waals surface area contributed by atoms with E-state index in [1.54, 1.807) is 7.11 Å². The number of nitrogens with zero attached hydrogens (tertiary/aromatic N) is 1. The molecule has 0 amide bonds. The van der Waals surface area contributed by atoms with Gasteiger partial charge in [0.2, 0.25) is 0 Å². The van der Waals surface area contributed by atoms with Gasteiger partial charge in [-0.15, -0.1) is 0 Å². The van der Waals surface area contributed by atoms with Crippen molar-refractivity contribution in [3.05, 3.63) is 29.6 Å². The van der Waals surface area contributed by atoms with Gasteiger partial charge in [0.05, 0.1) is 11.6 Å². The zero-order valence-electron chi connectivity index (χ0n) is 10.7. The third kappa shape index (κ3) is 2.42. The molecule has 16 heavy (non-hydrogen) atoms. The molecule has 0 aliphatic heterocycles. The van der Waals surface area contributed by atoms with Crippen molar-refractivity contribution in [3.8, 4) is 0 Å². The smallest absolute Gasteiger partial charge is 0.0865 e. The van der Waals surface area contributed by atoms with Crippen LogP contribution in [0.1, 0.15) is 43.9 Å². The van der Waals surface area contributed by atoms with E-state index in [-0.39, 0.29) is 11.6 Å². The predicted molar refractivity (Wildman–Crippen MR) is 66.2 cm³/mol. The van der Waals surface area contributed by atoms with E-state index in [2.05, 4.69) is 24.9 Å². The lowest BCUT2D eigenvalue weighted by atomic mass is 9.85. The van der Waals surface area contributed by atoms with Crippen molar-refractivity contribution in [2.45, 2.75) is 45.3 Å². The fraction of sp³-hybridized carbons (Fsp3) is 0.615. The molecule has 1 rings (SSSR count). The number of hydrogen-bond acceptors (Lipinski definition) is 3. The minimum Gasteiger partial charge on any atom is -0.376 e. The van der Waals surface area contributed by atoms with Crippen molar-refractivity contribution in [2.24, 2.45) is 5.73 Å². The van der Waals surface area contributed by atoms with E-state index in [9.17, 15) is 0 Å². The number of methoxy groups -OCH3 is 1. The molecule has 0 radical (unpaired) electrons. The second kappa shape index (κ2) is 5.41. The Morgan fingerprint density at radius 2 is 2.00 bits per heavy atom. The molecule has 0 bridgehead atoms. The van der Waals surface area contributed by atoms with Crippen molar-refractivity contribution in [2.75, 3.05) is 7.11 Å². The highest BCUT2D eigenvalue weighted by atomic mass is 16.5. The van der Waals surface area contributed by atoms with Crippen LogP contribution in [0.3, 0.4) is 0 Å². The molecule has 1 aromatic heterocycles. The Kier molecular flexibility index (Phi) is 4.44. The molecule has 3 heteroatoms. The number of rotatable bonds is 5. The molecule has 1 atom stereocenters. The van der Waals surface area contributed by atoms with Crippen LogP contribution in [0.25, 0.3) is 0 Å². The van der Waals surface area contributed by atoms with Crippen LogP contribution in [0, 0.1) is 6.92 Å². The normalized spacial score (nSPS) is 13.8. The van der Waals surface area contributed by atoms with Crippen LogP contribution in [0.5, 0.6) is 0 Å². The second-order valence-electron chi connectivity index (χ2n) is 4.25. The van der Waals surface area contributed by atoms with Gasteiger partial charge >= 0.3 is 0 Å². The van der Waals surface area contributed by atoms with Crippen LogP contribution in [0.2, 0.25) is 0 Å². The molecule has 0 aliphatic rings. The molecule has 0 saturated carbocycles. The highest BCUT2D eigenvalue weighted by molar-refractivity contribution is 5.22. The number of pyridine rings is 1. The van der Waals surface area contributed by atoms with Gasteiger partial charge in [0, 0.05) is 19.5 Å². The van der Waals surface area contributed by atoms with Gasteiger partial charge in [-0.25, -0.2) is 0 Å². The lowest BCUT2D eigenvalue weighted by Crippen LogP contribution is -2.42. The first-order valence-electron chi connectivity index (χ1n) is 5.82. The number of hydrogen-bond donors (Lipinski definition) is 1. The van der Waals surface area contributed by atoms with Crippen molar-refractivity contribution in [3.63, 3.8) is 0 Å². The Bertz CT molecular complexity index is 326. The summed E-state index contributed by atoms with van der Waals surface area (Å²) in [5.41, 5.74) is 8.20. The number of aromatic nitrogens is 1. The second-order valence-corrected chi connectivity index (χ2v) is 4.25. The van der Waals surface area contributed by atoms with Crippen molar-refractivity contribution in [1.82, 2.24) is 4.98 Å². The first-order valence-corrected chi connectivity index (χ1v) is 5.82. The molecule has 0 aliphatic carbocycles. The van der Waals surface area contributed by atoms with E-state index in [1.165, 1.54) is 0 Å². The Balaban J connectivity index is 3.03. The van der Waals surface area contributed by atoms with Gasteiger partial charge in [-0.1, -0.05) is 19.9 Å². The molecular formula is C13H22N2O. The van der Waals surface area contributed by atoms with Gasteiger partial charge in [-0.3, -0.25) is 4.98 Å². The summed E-state index contributed by atoms with van der Waals surface area (Å²) < 4.78 is 5.64.